The Morgan fingerprint density at radius 2 is 1.93 bits per heavy atom. The highest BCUT2D eigenvalue weighted by molar-refractivity contribution is 5.05. The number of rotatable bonds is 4. The molecule has 0 aliphatic heterocycles. The summed E-state index contributed by atoms with van der Waals surface area (Å²) in [6, 6.07) is 0. The molecule has 1 N–H and O–H groups in total. The van der Waals surface area contributed by atoms with Crippen LogP contribution in [0, 0.1) is 11.8 Å². The molecular formula is C14H24O. The van der Waals surface area contributed by atoms with Gasteiger partial charge in [0.1, 0.15) is 0 Å². The second-order valence-corrected chi connectivity index (χ2v) is 4.93. The Bertz CT molecular complexity index is 223. The van der Waals surface area contributed by atoms with Crippen molar-refractivity contribution in [2.24, 2.45) is 11.8 Å². The quantitative estimate of drug-likeness (QED) is 0.698. The first kappa shape index (κ1) is 12.5. The standard InChI is InChI=1S/C14H24O/c1-11(2)14(15)12(3)9-10-13-7-5-4-6-8-13/h9-10,12-15H,1,4-8H2,2-3H3/b10-9+/t12-,14-/m0/s1. The monoisotopic (exact) mass is 208 g/mol. The van der Waals surface area contributed by atoms with Gasteiger partial charge in [0.05, 0.1) is 6.10 Å². The van der Waals surface area contributed by atoms with Crippen molar-refractivity contribution in [3.63, 3.8) is 0 Å². The van der Waals surface area contributed by atoms with E-state index >= 15 is 0 Å². The molecule has 0 heterocycles. The van der Waals surface area contributed by atoms with Crippen molar-refractivity contribution < 1.29 is 5.11 Å². The van der Waals surface area contributed by atoms with Crippen molar-refractivity contribution >= 4 is 0 Å². The van der Waals surface area contributed by atoms with E-state index in [1.807, 2.05) is 6.92 Å². The molecule has 15 heavy (non-hydrogen) atoms. The van der Waals surface area contributed by atoms with E-state index in [2.05, 4.69) is 25.7 Å². The van der Waals surface area contributed by atoms with Crippen LogP contribution in [0.15, 0.2) is 24.3 Å². The molecule has 1 aliphatic carbocycles. The summed E-state index contributed by atoms with van der Waals surface area (Å²) >= 11 is 0. The molecular weight excluding hydrogens is 184 g/mol. The van der Waals surface area contributed by atoms with E-state index in [1.165, 1.54) is 32.1 Å². The van der Waals surface area contributed by atoms with Crippen molar-refractivity contribution in [2.45, 2.75) is 52.1 Å². The number of hydrogen-bond acceptors (Lipinski definition) is 1. The molecule has 0 bridgehead atoms. The van der Waals surface area contributed by atoms with Crippen molar-refractivity contribution in [1.29, 1.82) is 0 Å². The second-order valence-electron chi connectivity index (χ2n) is 4.93. The summed E-state index contributed by atoms with van der Waals surface area (Å²) < 4.78 is 0. The number of hydrogen-bond donors (Lipinski definition) is 1. The van der Waals surface area contributed by atoms with E-state index in [4.69, 9.17) is 0 Å². The molecule has 1 fully saturated rings. The molecule has 86 valence electrons. The predicted octanol–water partition coefficient (Wildman–Crippen LogP) is 3.70. The van der Waals surface area contributed by atoms with Crippen LogP contribution in [0.2, 0.25) is 0 Å². The van der Waals surface area contributed by atoms with Crippen molar-refractivity contribution in [3.8, 4) is 0 Å². The summed E-state index contributed by atoms with van der Waals surface area (Å²) in [7, 11) is 0. The van der Waals surface area contributed by atoms with Gasteiger partial charge in [-0.1, -0.05) is 50.5 Å². The molecule has 1 aliphatic rings. The van der Waals surface area contributed by atoms with E-state index in [9.17, 15) is 5.11 Å². The Hall–Kier alpha value is -0.560. The number of aliphatic hydroxyl groups is 1. The molecule has 0 amide bonds. The van der Waals surface area contributed by atoms with Crippen LogP contribution >= 0.6 is 0 Å². The first-order chi connectivity index (χ1) is 7.11. The van der Waals surface area contributed by atoms with Crippen molar-refractivity contribution in [1.82, 2.24) is 0 Å². The van der Waals surface area contributed by atoms with Crippen LogP contribution < -0.4 is 0 Å². The lowest BCUT2D eigenvalue weighted by atomic mass is 9.87. The van der Waals surface area contributed by atoms with Crippen LogP contribution in [-0.4, -0.2) is 11.2 Å². The smallest absolute Gasteiger partial charge is 0.0804 e. The van der Waals surface area contributed by atoms with Crippen LogP contribution in [0.1, 0.15) is 46.0 Å². The molecule has 0 aromatic rings. The zero-order valence-corrected chi connectivity index (χ0v) is 10.1. The highest BCUT2D eigenvalue weighted by atomic mass is 16.3. The average molecular weight is 208 g/mol. The van der Waals surface area contributed by atoms with Crippen molar-refractivity contribution in [3.05, 3.63) is 24.3 Å². The summed E-state index contributed by atoms with van der Waals surface area (Å²) in [6.45, 7) is 7.73. The van der Waals surface area contributed by atoms with E-state index in [1.54, 1.807) is 0 Å². The summed E-state index contributed by atoms with van der Waals surface area (Å²) in [6.07, 6.45) is 10.9. The van der Waals surface area contributed by atoms with Crippen molar-refractivity contribution in [2.75, 3.05) is 0 Å². The Balaban J connectivity index is 2.38. The van der Waals surface area contributed by atoms with E-state index in [-0.39, 0.29) is 12.0 Å². The third kappa shape index (κ3) is 4.21. The van der Waals surface area contributed by atoms with Gasteiger partial charge in [-0.15, -0.1) is 0 Å². The lowest BCUT2D eigenvalue weighted by Gasteiger charge is -2.20. The molecule has 0 spiro atoms. The first-order valence-corrected chi connectivity index (χ1v) is 6.13. The van der Waals surface area contributed by atoms with E-state index < -0.39 is 0 Å². The van der Waals surface area contributed by atoms with Gasteiger partial charge in [0.25, 0.3) is 0 Å². The molecule has 2 atom stereocenters. The minimum Gasteiger partial charge on any atom is -0.388 e. The zero-order chi connectivity index (χ0) is 11.3. The summed E-state index contributed by atoms with van der Waals surface area (Å²) in [5, 5.41) is 9.77. The van der Waals surface area contributed by atoms with E-state index in [0.717, 1.165) is 11.5 Å². The molecule has 1 rings (SSSR count). The molecule has 0 aromatic carbocycles. The summed E-state index contributed by atoms with van der Waals surface area (Å²) in [5.74, 6) is 0.947. The van der Waals surface area contributed by atoms with Gasteiger partial charge in [0.15, 0.2) is 0 Å². The fraction of sp³-hybridized carbons (Fsp3) is 0.714. The lowest BCUT2D eigenvalue weighted by molar-refractivity contribution is 0.173. The highest BCUT2D eigenvalue weighted by Crippen LogP contribution is 2.25. The zero-order valence-electron chi connectivity index (χ0n) is 10.1. The summed E-state index contributed by atoms with van der Waals surface area (Å²) in [4.78, 5) is 0. The predicted molar refractivity (Wildman–Crippen MR) is 65.7 cm³/mol. The Morgan fingerprint density at radius 3 is 2.47 bits per heavy atom. The highest BCUT2D eigenvalue weighted by Gasteiger charge is 2.14. The minimum atomic E-state index is -0.384. The maximum atomic E-state index is 9.77. The maximum absolute atomic E-state index is 9.77. The average Bonchev–Trinajstić information content (AvgIpc) is 2.26. The largest absolute Gasteiger partial charge is 0.388 e. The van der Waals surface area contributed by atoms with Gasteiger partial charge in [0.2, 0.25) is 0 Å². The summed E-state index contributed by atoms with van der Waals surface area (Å²) in [5.41, 5.74) is 0.857. The third-order valence-corrected chi connectivity index (χ3v) is 3.34. The third-order valence-electron chi connectivity index (χ3n) is 3.34. The van der Waals surface area contributed by atoms with Gasteiger partial charge in [-0.25, -0.2) is 0 Å². The maximum Gasteiger partial charge on any atom is 0.0804 e. The Labute approximate surface area is 93.9 Å². The van der Waals surface area contributed by atoms with Gasteiger partial charge >= 0.3 is 0 Å². The molecule has 0 radical (unpaired) electrons. The topological polar surface area (TPSA) is 20.2 Å². The van der Waals surface area contributed by atoms with Gasteiger partial charge in [-0.05, 0) is 25.7 Å². The fourth-order valence-corrected chi connectivity index (χ4v) is 2.21. The fourth-order valence-electron chi connectivity index (χ4n) is 2.21. The number of allylic oxidation sites excluding steroid dienone is 1. The Kier molecular flexibility index (Phi) is 5.10. The SMILES string of the molecule is C=C(C)[C@H](O)[C@@H](C)/C=C/C1CCCCC1. The first-order valence-electron chi connectivity index (χ1n) is 6.13. The van der Waals surface area contributed by atoms with Gasteiger partial charge in [0, 0.05) is 5.92 Å². The molecule has 0 aromatic heterocycles. The van der Waals surface area contributed by atoms with Crippen LogP contribution in [0.25, 0.3) is 0 Å². The molecule has 1 heteroatoms. The Morgan fingerprint density at radius 1 is 1.33 bits per heavy atom. The molecule has 0 saturated heterocycles. The van der Waals surface area contributed by atoms with Gasteiger partial charge in [-0.2, -0.15) is 0 Å². The van der Waals surface area contributed by atoms with Gasteiger partial charge in [-0.3, -0.25) is 0 Å². The van der Waals surface area contributed by atoms with Crippen LogP contribution in [-0.2, 0) is 0 Å². The molecule has 1 nitrogen and oxygen atoms in total. The van der Waals surface area contributed by atoms with Crippen LogP contribution in [0.3, 0.4) is 0 Å². The molecule has 1 saturated carbocycles. The molecule has 0 unspecified atom stereocenters. The van der Waals surface area contributed by atoms with Gasteiger partial charge < -0.3 is 5.11 Å². The van der Waals surface area contributed by atoms with E-state index in [0.29, 0.717) is 0 Å². The second kappa shape index (κ2) is 6.12. The lowest BCUT2D eigenvalue weighted by Crippen LogP contribution is -2.16. The van der Waals surface area contributed by atoms with Crippen LogP contribution in [0.4, 0.5) is 0 Å². The minimum absolute atomic E-state index is 0.199. The number of aliphatic hydroxyl groups excluding tert-OH is 1. The normalized spacial score (nSPS) is 22.9. The van der Waals surface area contributed by atoms with Crippen LogP contribution in [0.5, 0.6) is 0 Å².